The third-order valence-corrected chi connectivity index (χ3v) is 5.32. The van der Waals surface area contributed by atoms with Gasteiger partial charge in [-0.15, -0.1) is 0 Å². The highest BCUT2D eigenvalue weighted by Crippen LogP contribution is 2.19. The fourth-order valence-electron chi connectivity index (χ4n) is 3.42. The number of carboxylic acids is 1. The molecule has 1 unspecified atom stereocenters. The average molecular weight is 481 g/mol. The summed E-state index contributed by atoms with van der Waals surface area (Å²) >= 11 is 0. The summed E-state index contributed by atoms with van der Waals surface area (Å²) in [5, 5.41) is 20.2. The SMILES string of the molecule is CC(C)(CCC(=O)NC1=CNC(c2ccccc2C(=O)O)NC1=O)NC(=O)OCc1ccccc1. The zero-order valence-corrected chi connectivity index (χ0v) is 19.5. The van der Waals surface area contributed by atoms with Crippen LogP contribution < -0.4 is 21.3 Å². The Kier molecular flexibility index (Phi) is 8.08. The third kappa shape index (κ3) is 7.32. The number of hydrogen-bond donors (Lipinski definition) is 5. The van der Waals surface area contributed by atoms with E-state index in [4.69, 9.17) is 4.74 Å². The van der Waals surface area contributed by atoms with Crippen molar-refractivity contribution in [3.05, 3.63) is 83.2 Å². The van der Waals surface area contributed by atoms with E-state index in [1.165, 1.54) is 12.3 Å². The maximum atomic E-state index is 12.5. The number of benzene rings is 2. The largest absolute Gasteiger partial charge is 0.478 e. The fraction of sp³-hybridized carbons (Fsp3) is 0.280. The van der Waals surface area contributed by atoms with Crippen LogP contribution in [0.15, 0.2) is 66.5 Å². The molecule has 10 heteroatoms. The van der Waals surface area contributed by atoms with Crippen molar-refractivity contribution < 1.29 is 29.0 Å². The van der Waals surface area contributed by atoms with Crippen molar-refractivity contribution in [3.8, 4) is 0 Å². The van der Waals surface area contributed by atoms with Gasteiger partial charge in [0.15, 0.2) is 0 Å². The Morgan fingerprint density at radius 1 is 1.06 bits per heavy atom. The molecular weight excluding hydrogens is 452 g/mol. The Bertz CT molecular complexity index is 1130. The minimum atomic E-state index is -1.11. The van der Waals surface area contributed by atoms with E-state index < -0.39 is 35.6 Å². The van der Waals surface area contributed by atoms with Crippen molar-refractivity contribution in [2.75, 3.05) is 0 Å². The Labute approximate surface area is 202 Å². The van der Waals surface area contributed by atoms with Crippen molar-refractivity contribution in [2.24, 2.45) is 0 Å². The van der Waals surface area contributed by atoms with E-state index in [9.17, 15) is 24.3 Å². The summed E-state index contributed by atoms with van der Waals surface area (Å²) < 4.78 is 5.22. The van der Waals surface area contributed by atoms with Gasteiger partial charge in [-0.3, -0.25) is 9.59 Å². The van der Waals surface area contributed by atoms with Gasteiger partial charge in [0, 0.05) is 23.7 Å². The van der Waals surface area contributed by atoms with Crippen LogP contribution in [-0.2, 0) is 20.9 Å². The summed E-state index contributed by atoms with van der Waals surface area (Å²) in [5.41, 5.74) is 0.594. The number of nitrogens with one attached hydrogen (secondary N) is 4. The maximum absolute atomic E-state index is 12.5. The molecule has 2 aromatic carbocycles. The molecule has 35 heavy (non-hydrogen) atoms. The highest BCUT2D eigenvalue weighted by molar-refractivity contribution is 5.98. The summed E-state index contributed by atoms with van der Waals surface area (Å²) in [5.74, 6) is -2.07. The fourth-order valence-corrected chi connectivity index (χ4v) is 3.42. The molecule has 1 atom stereocenters. The molecule has 0 radical (unpaired) electrons. The van der Waals surface area contributed by atoms with Crippen LogP contribution in [0.2, 0.25) is 0 Å². The molecule has 1 heterocycles. The minimum Gasteiger partial charge on any atom is -0.478 e. The van der Waals surface area contributed by atoms with Gasteiger partial charge in [-0.05, 0) is 31.9 Å². The third-order valence-electron chi connectivity index (χ3n) is 5.32. The van der Waals surface area contributed by atoms with E-state index in [1.54, 1.807) is 32.0 Å². The van der Waals surface area contributed by atoms with Gasteiger partial charge >= 0.3 is 12.1 Å². The number of rotatable bonds is 9. The number of alkyl carbamates (subject to hydrolysis) is 1. The summed E-state index contributed by atoms with van der Waals surface area (Å²) in [6.45, 7) is 3.67. The van der Waals surface area contributed by atoms with Crippen molar-refractivity contribution in [1.82, 2.24) is 21.3 Å². The molecule has 0 spiro atoms. The highest BCUT2D eigenvalue weighted by atomic mass is 16.5. The molecule has 2 aromatic rings. The molecule has 1 aliphatic heterocycles. The van der Waals surface area contributed by atoms with E-state index in [0.29, 0.717) is 12.0 Å². The second-order valence-electron chi connectivity index (χ2n) is 8.64. The van der Waals surface area contributed by atoms with Gasteiger partial charge in [-0.2, -0.15) is 0 Å². The smallest absolute Gasteiger partial charge is 0.407 e. The minimum absolute atomic E-state index is 0.00657. The topological polar surface area (TPSA) is 146 Å². The van der Waals surface area contributed by atoms with Crippen molar-refractivity contribution in [2.45, 2.75) is 45.0 Å². The molecule has 0 aromatic heterocycles. The summed E-state index contributed by atoms with van der Waals surface area (Å²) in [6, 6.07) is 15.6. The van der Waals surface area contributed by atoms with Crippen LogP contribution in [0.3, 0.4) is 0 Å². The monoisotopic (exact) mass is 480 g/mol. The standard InChI is InChI=1S/C25H28N4O6/c1-25(2,29-24(34)35-15-16-8-4-3-5-9-16)13-12-20(30)27-19-14-26-21(28-22(19)31)17-10-6-7-11-18(17)23(32)33/h3-11,14,21,26H,12-13,15H2,1-2H3,(H,27,30)(H,28,31)(H,29,34)(H,32,33). The van der Waals surface area contributed by atoms with Gasteiger partial charge < -0.3 is 31.1 Å². The van der Waals surface area contributed by atoms with E-state index in [0.717, 1.165) is 5.56 Å². The zero-order chi connectivity index (χ0) is 25.4. The Hall–Kier alpha value is -4.34. The van der Waals surface area contributed by atoms with Gasteiger partial charge in [0.05, 0.1) is 5.56 Å². The van der Waals surface area contributed by atoms with E-state index in [2.05, 4.69) is 21.3 Å². The predicted molar refractivity (Wildman–Crippen MR) is 127 cm³/mol. The zero-order valence-electron chi connectivity index (χ0n) is 19.5. The molecule has 3 rings (SSSR count). The predicted octanol–water partition coefficient (Wildman–Crippen LogP) is 2.55. The van der Waals surface area contributed by atoms with Gasteiger partial charge in [-0.1, -0.05) is 48.5 Å². The molecule has 10 nitrogen and oxygen atoms in total. The first kappa shape index (κ1) is 25.3. The Morgan fingerprint density at radius 3 is 2.43 bits per heavy atom. The molecule has 3 amide bonds. The number of amides is 3. The molecule has 184 valence electrons. The molecule has 1 aliphatic rings. The molecule has 0 bridgehead atoms. The number of carbonyl (C=O) groups is 4. The summed E-state index contributed by atoms with van der Waals surface area (Å²) in [6.07, 6.45) is 0.341. The van der Waals surface area contributed by atoms with Crippen LogP contribution in [0.4, 0.5) is 4.79 Å². The van der Waals surface area contributed by atoms with Crippen LogP contribution in [0.1, 0.15) is 54.3 Å². The molecule has 0 fully saturated rings. The first-order valence-corrected chi connectivity index (χ1v) is 11.0. The van der Waals surface area contributed by atoms with E-state index in [1.807, 2.05) is 30.3 Å². The summed E-state index contributed by atoms with van der Waals surface area (Å²) in [4.78, 5) is 48.4. The van der Waals surface area contributed by atoms with Gasteiger partial charge in [-0.25, -0.2) is 9.59 Å². The van der Waals surface area contributed by atoms with Crippen LogP contribution in [0.5, 0.6) is 0 Å². The Morgan fingerprint density at radius 2 is 1.74 bits per heavy atom. The van der Waals surface area contributed by atoms with Gasteiger partial charge in [0.25, 0.3) is 5.91 Å². The quantitative estimate of drug-likeness (QED) is 0.371. The first-order chi connectivity index (χ1) is 16.6. The van der Waals surface area contributed by atoms with Crippen LogP contribution in [0, 0.1) is 0 Å². The van der Waals surface area contributed by atoms with Gasteiger partial charge in [0.2, 0.25) is 5.91 Å². The van der Waals surface area contributed by atoms with Gasteiger partial charge in [0.1, 0.15) is 18.5 Å². The second-order valence-corrected chi connectivity index (χ2v) is 8.64. The number of carboxylic acid groups (broad SMARTS) is 1. The van der Waals surface area contributed by atoms with E-state index >= 15 is 0 Å². The lowest BCUT2D eigenvalue weighted by Crippen LogP contribution is -2.47. The number of hydrogen-bond acceptors (Lipinski definition) is 6. The number of aromatic carboxylic acids is 1. The lowest BCUT2D eigenvalue weighted by Gasteiger charge is -2.27. The Balaban J connectivity index is 1.48. The molecule has 0 aliphatic carbocycles. The van der Waals surface area contributed by atoms with Crippen LogP contribution >= 0.6 is 0 Å². The lowest BCUT2D eigenvalue weighted by molar-refractivity contribution is -0.124. The normalized spacial score (nSPS) is 15.2. The van der Waals surface area contributed by atoms with E-state index in [-0.39, 0.29) is 24.3 Å². The number of ether oxygens (including phenoxy) is 1. The molecule has 5 N–H and O–H groups in total. The van der Waals surface area contributed by atoms with Crippen LogP contribution in [-0.4, -0.2) is 34.5 Å². The summed E-state index contributed by atoms with van der Waals surface area (Å²) in [7, 11) is 0. The second kappa shape index (κ2) is 11.2. The average Bonchev–Trinajstić information content (AvgIpc) is 2.83. The first-order valence-electron chi connectivity index (χ1n) is 11.0. The lowest BCUT2D eigenvalue weighted by atomic mass is 9.98. The molecular formula is C25H28N4O6. The van der Waals surface area contributed by atoms with Crippen LogP contribution in [0.25, 0.3) is 0 Å². The molecule has 0 saturated heterocycles. The number of carbonyl (C=O) groups excluding carboxylic acids is 3. The van der Waals surface area contributed by atoms with Crippen molar-refractivity contribution in [3.63, 3.8) is 0 Å². The van der Waals surface area contributed by atoms with Crippen molar-refractivity contribution in [1.29, 1.82) is 0 Å². The van der Waals surface area contributed by atoms with Crippen molar-refractivity contribution >= 4 is 23.9 Å². The highest BCUT2D eigenvalue weighted by Gasteiger charge is 2.27. The molecule has 0 saturated carbocycles. The maximum Gasteiger partial charge on any atom is 0.407 e.